The molecule has 0 atom stereocenters. The molecule has 33 heavy (non-hydrogen) atoms. The summed E-state index contributed by atoms with van der Waals surface area (Å²) in [6.07, 6.45) is 0. The van der Waals surface area contributed by atoms with Gasteiger partial charge in [0, 0.05) is 35.1 Å². The molecule has 8 nitrogen and oxygen atoms in total. The summed E-state index contributed by atoms with van der Waals surface area (Å²) in [5.41, 5.74) is 2.27. The summed E-state index contributed by atoms with van der Waals surface area (Å²) in [6, 6.07) is 17.5. The van der Waals surface area contributed by atoms with E-state index >= 15 is 0 Å². The van der Waals surface area contributed by atoms with E-state index in [2.05, 4.69) is 5.32 Å². The fraction of sp³-hybridized carbons (Fsp3) is 0.208. The van der Waals surface area contributed by atoms with Crippen LogP contribution in [0.2, 0.25) is 0 Å². The Morgan fingerprint density at radius 1 is 0.970 bits per heavy atom. The third kappa shape index (κ3) is 3.95. The van der Waals surface area contributed by atoms with Crippen molar-refractivity contribution in [2.24, 2.45) is 0 Å². The molecule has 2 heterocycles. The normalized spacial score (nSPS) is 15.1. The zero-order valence-electron chi connectivity index (χ0n) is 17.9. The molecule has 3 aromatic carbocycles. The molecule has 1 aliphatic rings. The fourth-order valence-electron chi connectivity index (χ4n) is 3.95. The lowest BCUT2D eigenvalue weighted by molar-refractivity contribution is 0.0729. The first kappa shape index (κ1) is 21.4. The maximum atomic E-state index is 13.2. The number of para-hydroxylation sites is 1. The zero-order valence-corrected chi connectivity index (χ0v) is 18.7. The average Bonchev–Trinajstić information content (AvgIpc) is 3.22. The Hall–Kier alpha value is -3.40. The second kappa shape index (κ2) is 8.51. The lowest BCUT2D eigenvalue weighted by Gasteiger charge is -2.26. The van der Waals surface area contributed by atoms with Gasteiger partial charge in [0.2, 0.25) is 10.0 Å². The van der Waals surface area contributed by atoms with Crippen LogP contribution in [-0.2, 0) is 14.8 Å². The van der Waals surface area contributed by atoms with Crippen LogP contribution < -0.4 is 10.1 Å². The molecule has 1 amide bonds. The first-order valence-electron chi connectivity index (χ1n) is 10.5. The summed E-state index contributed by atoms with van der Waals surface area (Å²) in [6.45, 7) is 1.15. The Kier molecular flexibility index (Phi) is 5.53. The van der Waals surface area contributed by atoms with Crippen LogP contribution in [-0.4, -0.2) is 52.0 Å². The van der Waals surface area contributed by atoms with Gasteiger partial charge >= 0.3 is 0 Å². The highest BCUT2D eigenvalue weighted by Gasteiger charge is 2.30. The van der Waals surface area contributed by atoms with Crippen LogP contribution >= 0.6 is 0 Å². The molecule has 0 radical (unpaired) electrons. The van der Waals surface area contributed by atoms with Gasteiger partial charge in [0.25, 0.3) is 5.91 Å². The van der Waals surface area contributed by atoms with Gasteiger partial charge in [-0.3, -0.25) is 4.79 Å². The van der Waals surface area contributed by atoms with E-state index in [9.17, 15) is 13.2 Å². The third-order valence-electron chi connectivity index (χ3n) is 5.65. The number of sulfonamides is 1. The predicted molar refractivity (Wildman–Crippen MR) is 124 cm³/mol. The van der Waals surface area contributed by atoms with E-state index in [1.54, 1.807) is 12.1 Å². The minimum Gasteiger partial charge on any atom is -0.495 e. The highest BCUT2D eigenvalue weighted by atomic mass is 32.2. The molecule has 4 aromatic rings. The van der Waals surface area contributed by atoms with Crippen LogP contribution in [0.3, 0.4) is 0 Å². The van der Waals surface area contributed by atoms with Crippen molar-refractivity contribution in [3.63, 3.8) is 0 Å². The molecule has 1 N–H and O–H groups in total. The number of methoxy groups -OCH3 is 1. The van der Waals surface area contributed by atoms with Crippen molar-refractivity contribution in [3.8, 4) is 5.75 Å². The number of hydrogen-bond acceptors (Lipinski definition) is 6. The monoisotopic (exact) mass is 466 g/mol. The fourth-order valence-corrected chi connectivity index (χ4v) is 5.54. The van der Waals surface area contributed by atoms with E-state index in [1.165, 1.54) is 29.6 Å². The number of fused-ring (bicyclic) bond motifs is 3. The lowest BCUT2D eigenvalue weighted by Crippen LogP contribution is -2.40. The minimum absolute atomic E-state index is 0.0455. The molecule has 0 unspecified atom stereocenters. The van der Waals surface area contributed by atoms with E-state index in [4.69, 9.17) is 13.9 Å². The highest BCUT2D eigenvalue weighted by molar-refractivity contribution is 7.89. The van der Waals surface area contributed by atoms with Gasteiger partial charge in [0.1, 0.15) is 21.8 Å². The lowest BCUT2D eigenvalue weighted by atomic mass is 10.1. The highest BCUT2D eigenvalue weighted by Crippen LogP contribution is 2.31. The largest absolute Gasteiger partial charge is 0.495 e. The summed E-state index contributed by atoms with van der Waals surface area (Å²) in [7, 11) is -2.44. The molecule has 1 saturated heterocycles. The topological polar surface area (TPSA) is 98.1 Å². The first-order chi connectivity index (χ1) is 16.0. The van der Waals surface area contributed by atoms with E-state index in [0.29, 0.717) is 18.9 Å². The van der Waals surface area contributed by atoms with Gasteiger partial charge in [-0.05, 0) is 42.5 Å². The summed E-state index contributed by atoms with van der Waals surface area (Å²) in [4.78, 5) is 13.0. The third-order valence-corrected chi connectivity index (χ3v) is 7.57. The first-order valence-corrected chi connectivity index (χ1v) is 11.9. The van der Waals surface area contributed by atoms with Gasteiger partial charge in [0.05, 0.1) is 20.3 Å². The average molecular weight is 467 g/mol. The Morgan fingerprint density at radius 2 is 1.73 bits per heavy atom. The molecular formula is C24H22N2O6S. The van der Waals surface area contributed by atoms with Gasteiger partial charge in [-0.2, -0.15) is 4.31 Å². The Balaban J connectivity index is 1.46. The smallest absolute Gasteiger partial charge is 0.255 e. The van der Waals surface area contributed by atoms with Crippen LogP contribution in [0.5, 0.6) is 5.75 Å². The molecule has 0 spiro atoms. The number of ether oxygens (including phenoxy) is 2. The Bertz CT molecular complexity index is 1450. The SMILES string of the molecule is COc1ccc(C(=O)Nc2ccc3oc4ccccc4c3c2)cc1S(=O)(=O)N1CCOCC1. The van der Waals surface area contributed by atoms with Crippen molar-refractivity contribution >= 4 is 43.6 Å². The number of morpholine rings is 1. The quantitative estimate of drug-likeness (QED) is 0.480. The number of amides is 1. The van der Waals surface area contributed by atoms with Crippen LogP contribution in [0, 0.1) is 0 Å². The maximum absolute atomic E-state index is 13.2. The molecule has 0 aliphatic carbocycles. The summed E-state index contributed by atoms with van der Waals surface area (Å²) in [5.74, 6) is -0.243. The molecule has 1 aliphatic heterocycles. The van der Waals surface area contributed by atoms with Crippen molar-refractivity contribution in [1.82, 2.24) is 4.31 Å². The number of hydrogen-bond donors (Lipinski definition) is 1. The van der Waals surface area contributed by atoms with Crippen molar-refractivity contribution in [1.29, 1.82) is 0 Å². The number of carbonyl (C=O) groups excluding carboxylic acids is 1. The van der Waals surface area contributed by atoms with Crippen molar-refractivity contribution in [2.45, 2.75) is 4.90 Å². The second-order valence-corrected chi connectivity index (χ2v) is 9.55. The van der Waals surface area contributed by atoms with Gasteiger partial charge in [-0.1, -0.05) is 18.2 Å². The number of anilines is 1. The minimum atomic E-state index is -3.84. The standard InChI is InChI=1S/C24H22N2O6S/c1-30-22-8-6-16(14-23(22)33(28,29)26-10-12-31-13-11-26)24(27)25-17-7-9-21-19(15-17)18-4-2-3-5-20(18)32-21/h2-9,14-15H,10-13H2,1H3,(H,25,27). The van der Waals surface area contributed by atoms with Gasteiger partial charge < -0.3 is 19.2 Å². The van der Waals surface area contributed by atoms with Crippen molar-refractivity contribution in [2.75, 3.05) is 38.7 Å². The molecule has 1 aromatic heterocycles. The molecule has 0 bridgehead atoms. The molecule has 1 fully saturated rings. The molecular weight excluding hydrogens is 444 g/mol. The zero-order chi connectivity index (χ0) is 23.0. The summed E-state index contributed by atoms with van der Waals surface area (Å²) >= 11 is 0. The van der Waals surface area contributed by atoms with E-state index in [1.807, 2.05) is 30.3 Å². The molecule has 170 valence electrons. The predicted octanol–water partition coefficient (Wildman–Crippen LogP) is 3.87. The Morgan fingerprint density at radius 3 is 2.52 bits per heavy atom. The molecule has 5 rings (SSSR count). The number of benzene rings is 3. The van der Waals surface area contributed by atoms with Crippen LogP contribution in [0.25, 0.3) is 21.9 Å². The van der Waals surface area contributed by atoms with Crippen LogP contribution in [0.15, 0.2) is 70.0 Å². The van der Waals surface area contributed by atoms with Gasteiger partial charge in [-0.25, -0.2) is 8.42 Å². The maximum Gasteiger partial charge on any atom is 0.255 e. The van der Waals surface area contributed by atoms with Crippen LogP contribution in [0.4, 0.5) is 5.69 Å². The second-order valence-electron chi connectivity index (χ2n) is 7.65. The van der Waals surface area contributed by atoms with Gasteiger partial charge in [-0.15, -0.1) is 0 Å². The number of furan rings is 1. The van der Waals surface area contributed by atoms with Crippen molar-refractivity contribution < 1.29 is 27.1 Å². The van der Waals surface area contributed by atoms with Crippen molar-refractivity contribution in [3.05, 3.63) is 66.2 Å². The van der Waals surface area contributed by atoms with E-state index in [-0.39, 0.29) is 29.3 Å². The summed E-state index contributed by atoms with van der Waals surface area (Å²) in [5, 5.41) is 4.68. The number of rotatable bonds is 5. The number of nitrogens with zero attached hydrogens (tertiary/aromatic N) is 1. The molecule has 9 heteroatoms. The van der Waals surface area contributed by atoms with Crippen LogP contribution in [0.1, 0.15) is 10.4 Å². The van der Waals surface area contributed by atoms with E-state index < -0.39 is 15.9 Å². The Labute approximate surface area is 190 Å². The molecule has 0 saturated carbocycles. The van der Waals surface area contributed by atoms with E-state index in [0.717, 1.165) is 21.9 Å². The summed E-state index contributed by atoms with van der Waals surface area (Å²) < 4.78 is 44.1. The number of nitrogens with one attached hydrogen (secondary N) is 1. The number of carbonyl (C=O) groups is 1. The van der Waals surface area contributed by atoms with Gasteiger partial charge in [0.15, 0.2) is 0 Å².